The fourth-order valence-corrected chi connectivity index (χ4v) is 1.40. The molecular formula is C13H18F3N3O3. The zero-order valence-corrected chi connectivity index (χ0v) is 12.3. The second-order valence-corrected chi connectivity index (χ2v) is 5.85. The van der Waals surface area contributed by atoms with Gasteiger partial charge < -0.3 is 20.7 Å². The van der Waals surface area contributed by atoms with Crippen LogP contribution >= 0.6 is 0 Å². The van der Waals surface area contributed by atoms with Crippen LogP contribution in [-0.2, 0) is 6.18 Å². The molecule has 4 N–H and O–H groups in total. The number of aliphatic hydroxyl groups is 1. The highest BCUT2D eigenvalue weighted by atomic mass is 19.4. The van der Waals surface area contributed by atoms with Crippen molar-refractivity contribution in [2.75, 3.05) is 11.9 Å². The molecule has 9 heteroatoms. The number of urea groups is 1. The molecule has 6 nitrogen and oxygen atoms in total. The third kappa shape index (κ3) is 5.06. The number of carbonyl (C=O) groups is 1. The Bertz CT molecular complexity index is 591. The Morgan fingerprint density at radius 1 is 1.36 bits per heavy atom. The number of nitrogens with one attached hydrogen (secondary N) is 3. The van der Waals surface area contributed by atoms with E-state index in [-0.39, 0.29) is 6.54 Å². The second-order valence-electron chi connectivity index (χ2n) is 5.85. The van der Waals surface area contributed by atoms with Gasteiger partial charge in [-0.25, -0.2) is 4.79 Å². The summed E-state index contributed by atoms with van der Waals surface area (Å²) in [6, 6.07) is -0.341. The van der Waals surface area contributed by atoms with E-state index in [4.69, 9.17) is 0 Å². The Hall–Kier alpha value is -2.03. The molecule has 124 valence electrons. The van der Waals surface area contributed by atoms with Crippen molar-refractivity contribution >= 4 is 11.7 Å². The minimum atomic E-state index is -4.64. The average molecular weight is 321 g/mol. The van der Waals surface area contributed by atoms with Crippen molar-refractivity contribution in [2.24, 2.45) is 5.41 Å². The smallest absolute Gasteiger partial charge is 0.391 e. The van der Waals surface area contributed by atoms with Gasteiger partial charge in [-0.2, -0.15) is 13.2 Å². The first kappa shape index (κ1) is 18.0. The van der Waals surface area contributed by atoms with E-state index in [1.54, 1.807) is 20.8 Å². The lowest BCUT2D eigenvalue weighted by atomic mass is 9.89. The summed E-state index contributed by atoms with van der Waals surface area (Å²) in [6.07, 6.45) is -4.97. The quantitative estimate of drug-likeness (QED) is 0.685. The number of rotatable bonds is 3. The zero-order chi connectivity index (χ0) is 17.1. The van der Waals surface area contributed by atoms with Crippen LogP contribution in [0.15, 0.2) is 17.1 Å². The third-order valence-electron chi connectivity index (χ3n) is 2.93. The number of aromatic nitrogens is 1. The number of amides is 2. The Labute approximate surface area is 124 Å². The van der Waals surface area contributed by atoms with E-state index in [0.717, 1.165) is 0 Å². The van der Waals surface area contributed by atoms with Crippen molar-refractivity contribution < 1.29 is 23.1 Å². The van der Waals surface area contributed by atoms with Crippen molar-refractivity contribution in [3.05, 3.63) is 28.2 Å². The topological polar surface area (TPSA) is 94.2 Å². The summed E-state index contributed by atoms with van der Waals surface area (Å²) >= 11 is 0. The number of anilines is 1. The van der Waals surface area contributed by atoms with Gasteiger partial charge in [-0.1, -0.05) is 20.8 Å². The van der Waals surface area contributed by atoms with Crippen LogP contribution in [0.4, 0.5) is 23.7 Å². The van der Waals surface area contributed by atoms with Crippen LogP contribution in [0.2, 0.25) is 0 Å². The van der Waals surface area contributed by atoms with Gasteiger partial charge in [0.05, 0.1) is 11.7 Å². The number of H-pyrrole nitrogens is 1. The van der Waals surface area contributed by atoms with E-state index in [9.17, 15) is 27.9 Å². The Balaban J connectivity index is 2.75. The van der Waals surface area contributed by atoms with E-state index < -0.39 is 40.5 Å². The molecule has 0 aliphatic heterocycles. The van der Waals surface area contributed by atoms with Gasteiger partial charge in [0, 0.05) is 12.7 Å². The van der Waals surface area contributed by atoms with Gasteiger partial charge in [0.2, 0.25) is 0 Å². The summed E-state index contributed by atoms with van der Waals surface area (Å²) in [6.45, 7) is 5.17. The van der Waals surface area contributed by atoms with Gasteiger partial charge >= 0.3 is 12.2 Å². The number of hydrogen-bond acceptors (Lipinski definition) is 3. The fraction of sp³-hybridized carbons (Fsp3) is 0.538. The standard InChI is InChI=1S/C13H18F3N3O3/c1-12(2,3)9(20)6-18-11(22)19-8-4-7(13(14,15)16)5-17-10(8)21/h4-5,9,20H,6H2,1-3H3,(H,17,21)(H2,18,19,22). The Morgan fingerprint density at radius 2 is 1.95 bits per heavy atom. The van der Waals surface area contributed by atoms with Crippen molar-refractivity contribution in [3.63, 3.8) is 0 Å². The minimum absolute atomic E-state index is 0.105. The summed E-state index contributed by atoms with van der Waals surface area (Å²) in [5.74, 6) is 0. The summed E-state index contributed by atoms with van der Waals surface area (Å²) in [5.41, 5.74) is -2.95. The second kappa shape index (κ2) is 6.39. The highest BCUT2D eigenvalue weighted by Crippen LogP contribution is 2.29. The first-order valence-electron chi connectivity index (χ1n) is 6.44. The molecule has 1 atom stereocenters. The normalized spacial score (nSPS) is 13.6. The zero-order valence-electron chi connectivity index (χ0n) is 12.3. The molecular weight excluding hydrogens is 303 g/mol. The van der Waals surface area contributed by atoms with Crippen molar-refractivity contribution in [1.29, 1.82) is 0 Å². The summed E-state index contributed by atoms with van der Waals surface area (Å²) in [4.78, 5) is 24.9. The molecule has 0 aliphatic carbocycles. The molecule has 0 radical (unpaired) electrons. The predicted molar refractivity (Wildman–Crippen MR) is 74.5 cm³/mol. The molecule has 0 aromatic carbocycles. The van der Waals surface area contributed by atoms with Crippen molar-refractivity contribution in [1.82, 2.24) is 10.3 Å². The van der Waals surface area contributed by atoms with E-state index in [1.807, 2.05) is 10.3 Å². The molecule has 1 aromatic rings. The molecule has 0 aliphatic rings. The van der Waals surface area contributed by atoms with Gasteiger partial charge in [0.15, 0.2) is 0 Å². The Kier molecular flexibility index (Phi) is 5.23. The number of halogens is 3. The van der Waals surface area contributed by atoms with Gasteiger partial charge in [-0.15, -0.1) is 0 Å². The van der Waals surface area contributed by atoms with Crippen LogP contribution in [0.1, 0.15) is 26.3 Å². The van der Waals surface area contributed by atoms with E-state index >= 15 is 0 Å². The van der Waals surface area contributed by atoms with E-state index in [1.165, 1.54) is 0 Å². The van der Waals surface area contributed by atoms with Crippen LogP contribution in [0.25, 0.3) is 0 Å². The number of hydrogen-bond donors (Lipinski definition) is 4. The van der Waals surface area contributed by atoms with Crippen LogP contribution in [-0.4, -0.2) is 28.8 Å². The number of carbonyl (C=O) groups excluding carboxylic acids is 1. The third-order valence-corrected chi connectivity index (χ3v) is 2.93. The first-order valence-corrected chi connectivity index (χ1v) is 6.44. The maximum atomic E-state index is 12.5. The molecule has 1 rings (SSSR count). The molecule has 0 saturated carbocycles. The monoisotopic (exact) mass is 321 g/mol. The maximum Gasteiger partial charge on any atom is 0.417 e. The SMILES string of the molecule is CC(C)(C)C(O)CNC(=O)Nc1cc(C(F)(F)F)c[nH]c1=O. The molecule has 2 amide bonds. The predicted octanol–water partition coefficient (Wildman–Crippen LogP) is 1.92. The molecule has 1 aromatic heterocycles. The number of pyridine rings is 1. The summed E-state index contributed by atoms with van der Waals surface area (Å²) < 4.78 is 37.6. The van der Waals surface area contributed by atoms with Gasteiger partial charge in [-0.05, 0) is 11.5 Å². The number of aromatic amines is 1. The first-order chi connectivity index (χ1) is 9.91. The van der Waals surface area contributed by atoms with Crippen LogP contribution in [0, 0.1) is 5.41 Å². The van der Waals surface area contributed by atoms with Crippen LogP contribution in [0.3, 0.4) is 0 Å². The highest BCUT2D eigenvalue weighted by molar-refractivity contribution is 5.89. The minimum Gasteiger partial charge on any atom is -0.391 e. The summed E-state index contributed by atoms with van der Waals surface area (Å²) in [7, 11) is 0. The lowest BCUT2D eigenvalue weighted by Crippen LogP contribution is -2.41. The molecule has 22 heavy (non-hydrogen) atoms. The lowest BCUT2D eigenvalue weighted by molar-refractivity contribution is -0.137. The lowest BCUT2D eigenvalue weighted by Gasteiger charge is -2.25. The molecule has 0 fully saturated rings. The summed E-state index contributed by atoms with van der Waals surface area (Å²) in [5, 5.41) is 14.1. The number of aliphatic hydroxyl groups excluding tert-OH is 1. The largest absolute Gasteiger partial charge is 0.417 e. The van der Waals surface area contributed by atoms with Crippen molar-refractivity contribution in [2.45, 2.75) is 33.1 Å². The molecule has 1 heterocycles. The van der Waals surface area contributed by atoms with Gasteiger partial charge in [0.1, 0.15) is 5.69 Å². The van der Waals surface area contributed by atoms with E-state index in [2.05, 4.69) is 5.32 Å². The maximum absolute atomic E-state index is 12.5. The number of alkyl halides is 3. The fourth-order valence-electron chi connectivity index (χ4n) is 1.40. The van der Waals surface area contributed by atoms with Crippen molar-refractivity contribution in [3.8, 4) is 0 Å². The average Bonchev–Trinajstić information content (AvgIpc) is 2.36. The molecule has 0 bridgehead atoms. The molecule has 0 spiro atoms. The van der Waals surface area contributed by atoms with E-state index in [0.29, 0.717) is 12.3 Å². The van der Waals surface area contributed by atoms with Gasteiger partial charge in [0.25, 0.3) is 5.56 Å². The van der Waals surface area contributed by atoms with Crippen LogP contribution in [0.5, 0.6) is 0 Å². The van der Waals surface area contributed by atoms with Gasteiger partial charge in [-0.3, -0.25) is 4.79 Å². The van der Waals surface area contributed by atoms with Crippen LogP contribution < -0.4 is 16.2 Å². The Morgan fingerprint density at radius 3 is 2.45 bits per heavy atom. The highest BCUT2D eigenvalue weighted by Gasteiger charge is 2.31. The molecule has 1 unspecified atom stereocenters. The molecule has 0 saturated heterocycles.